The van der Waals surface area contributed by atoms with E-state index in [1.54, 1.807) is 47.4 Å². The Morgan fingerprint density at radius 1 is 0.835 bits per heavy atom. The molecule has 0 bridgehead atoms. The fourth-order valence-electron chi connectivity index (χ4n) is 12.9. The van der Waals surface area contributed by atoms with Crippen molar-refractivity contribution in [1.29, 1.82) is 0 Å². The van der Waals surface area contributed by atoms with Gasteiger partial charge in [0.15, 0.2) is 0 Å². The predicted octanol–water partition coefficient (Wildman–Crippen LogP) is 8.35. The minimum atomic E-state index is -4.66. The van der Waals surface area contributed by atoms with Crippen LogP contribution < -0.4 is 21.3 Å². The zero-order valence-electron chi connectivity index (χ0n) is 45.5. The third-order valence-corrected chi connectivity index (χ3v) is 17.8. The van der Waals surface area contributed by atoms with Gasteiger partial charge in [-0.05, 0) is 134 Å². The number of nitrogens with one attached hydrogen (secondary N) is 4. The third kappa shape index (κ3) is 13.7. The lowest BCUT2D eigenvalue weighted by molar-refractivity contribution is -0.146. The summed E-state index contributed by atoms with van der Waals surface area (Å²) in [6, 6.07) is 18.8. The molecule has 2 saturated carbocycles. The molecule has 5 aliphatic rings. The number of fused-ring (bicyclic) bond motifs is 2. The fourth-order valence-corrected chi connectivity index (χ4v) is 13.3. The first-order chi connectivity index (χ1) is 38.0. The first kappa shape index (κ1) is 57.9. The highest BCUT2D eigenvalue weighted by Crippen LogP contribution is 2.48. The van der Waals surface area contributed by atoms with E-state index in [1.165, 1.54) is 17.2 Å². The van der Waals surface area contributed by atoms with Crippen LogP contribution in [0.5, 0.6) is 0 Å². The Morgan fingerprint density at radius 3 is 2.28 bits per heavy atom. The number of carbonyl (C=O) groups is 5. The fraction of sp³-hybridized carbons (Fsp3) is 0.550. The summed E-state index contributed by atoms with van der Waals surface area (Å²) in [6.45, 7) is 6.46. The molecule has 1 saturated heterocycles. The number of hydrogen-bond donors (Lipinski definition) is 4. The summed E-state index contributed by atoms with van der Waals surface area (Å²) in [4.78, 5) is 78.1. The van der Waals surface area contributed by atoms with Gasteiger partial charge in [-0.3, -0.25) is 33.9 Å². The summed E-state index contributed by atoms with van der Waals surface area (Å²) >= 11 is 3.59. The molecule has 2 aromatic carbocycles. The highest BCUT2D eigenvalue weighted by molar-refractivity contribution is 9.10. The van der Waals surface area contributed by atoms with Gasteiger partial charge in [-0.15, -0.1) is 0 Å². The maximum Gasteiger partial charge on any atom is 0.418 e. The van der Waals surface area contributed by atoms with Crippen molar-refractivity contribution in [3.05, 3.63) is 128 Å². The number of aryl methyl sites for hydroxylation is 1. The van der Waals surface area contributed by atoms with Crippen LogP contribution in [-0.4, -0.2) is 115 Å². The Morgan fingerprint density at radius 2 is 1.57 bits per heavy atom. The van der Waals surface area contributed by atoms with Crippen LogP contribution in [0, 0.1) is 23.2 Å². The van der Waals surface area contributed by atoms with Gasteiger partial charge >= 0.3 is 6.18 Å². The topological polar surface area (TPSA) is 184 Å². The molecule has 79 heavy (non-hydrogen) atoms. The van der Waals surface area contributed by atoms with Crippen molar-refractivity contribution in [1.82, 2.24) is 41.0 Å². The van der Waals surface area contributed by atoms with Crippen molar-refractivity contribution >= 4 is 45.5 Å². The van der Waals surface area contributed by atoms with Crippen LogP contribution in [0.25, 0.3) is 0 Å². The molecular formula is C60H74BrF3N8O7. The summed E-state index contributed by atoms with van der Waals surface area (Å²) in [5.74, 6) is -1.17. The van der Waals surface area contributed by atoms with Crippen LogP contribution in [-0.2, 0) is 60.6 Å². The van der Waals surface area contributed by atoms with Gasteiger partial charge in [-0.1, -0.05) is 54.0 Å². The number of amides is 5. The average molecular weight is 1160 g/mol. The molecule has 5 amide bonds. The third-order valence-electron chi connectivity index (χ3n) is 17.3. The lowest BCUT2D eigenvalue weighted by Crippen LogP contribution is -2.48. The largest absolute Gasteiger partial charge is 0.418 e. The second-order valence-corrected chi connectivity index (χ2v) is 23.4. The van der Waals surface area contributed by atoms with Crippen molar-refractivity contribution in [2.75, 3.05) is 59.7 Å². The first-order valence-corrected chi connectivity index (χ1v) is 29.0. The summed E-state index contributed by atoms with van der Waals surface area (Å²) in [7, 11) is 1.70. The summed E-state index contributed by atoms with van der Waals surface area (Å²) in [6.07, 6.45) is 6.22. The molecule has 4 aromatic rings. The van der Waals surface area contributed by atoms with E-state index >= 15 is 0 Å². The molecule has 4 N–H and O–H groups in total. The van der Waals surface area contributed by atoms with E-state index < -0.39 is 23.1 Å². The van der Waals surface area contributed by atoms with Crippen LogP contribution in [0.1, 0.15) is 145 Å². The van der Waals surface area contributed by atoms with Crippen LogP contribution in [0.15, 0.2) is 77.5 Å². The highest BCUT2D eigenvalue weighted by Gasteiger charge is 2.50. The molecule has 15 nitrogen and oxygen atoms in total. The molecule has 4 heterocycles. The van der Waals surface area contributed by atoms with Gasteiger partial charge in [0.2, 0.25) is 23.6 Å². The van der Waals surface area contributed by atoms with Gasteiger partial charge in [0, 0.05) is 105 Å². The second-order valence-electron chi connectivity index (χ2n) is 22.4. The van der Waals surface area contributed by atoms with E-state index in [-0.39, 0.29) is 110 Å². The smallest absolute Gasteiger partial charge is 0.377 e. The molecule has 9 rings (SSSR count). The Labute approximate surface area is 469 Å². The number of hydrogen-bond acceptors (Lipinski definition) is 10. The number of ether oxygens (including phenoxy) is 2. The lowest BCUT2D eigenvalue weighted by atomic mass is 9.74. The normalized spacial score (nSPS) is 23.9. The van der Waals surface area contributed by atoms with Crippen molar-refractivity contribution in [3.63, 3.8) is 0 Å². The lowest BCUT2D eigenvalue weighted by Gasteiger charge is -2.40. The Bertz CT molecular complexity index is 2810. The van der Waals surface area contributed by atoms with Crippen molar-refractivity contribution in [3.8, 4) is 0 Å². The molecule has 3 aliphatic carbocycles. The molecule has 424 valence electrons. The SMILES string of the molecule is CC(C)[C@]1(C(=O)N2CCc3nc(CCNC(=O)C4CCC(c5ccc(C(=O)NCCOCCOCCNC(=O)[C@H]6CC(=O)N(C)[C@@H]6c6cccnc6)cc5)CC4)c(C(F)(F)F)cc3C2)CC[C@@H](N[C@@H]2CCc3cc(Br)ccc32)C1. The number of alkyl halides is 3. The van der Waals surface area contributed by atoms with E-state index in [4.69, 9.17) is 9.47 Å². The quantitative estimate of drug-likeness (QED) is 0.0592. The molecule has 2 aromatic heterocycles. The molecule has 19 heteroatoms. The zero-order chi connectivity index (χ0) is 55.8. The number of nitrogens with zero attached hydrogens (tertiary/aromatic N) is 4. The van der Waals surface area contributed by atoms with Gasteiger partial charge in [0.05, 0.1) is 55.1 Å². The van der Waals surface area contributed by atoms with E-state index in [0.717, 1.165) is 54.1 Å². The molecule has 0 radical (unpaired) electrons. The maximum absolute atomic E-state index is 14.7. The zero-order valence-corrected chi connectivity index (χ0v) is 47.1. The average Bonchev–Trinajstić information content (AvgIpc) is 4.33. The number of halogens is 4. The number of benzene rings is 2. The highest BCUT2D eigenvalue weighted by atomic mass is 79.9. The molecule has 5 atom stereocenters. The minimum absolute atomic E-state index is 0.0180. The van der Waals surface area contributed by atoms with Gasteiger partial charge in [-0.25, -0.2) is 0 Å². The van der Waals surface area contributed by atoms with E-state index in [1.807, 2.05) is 18.2 Å². The van der Waals surface area contributed by atoms with Crippen LogP contribution >= 0.6 is 15.9 Å². The Balaban J connectivity index is 0.658. The van der Waals surface area contributed by atoms with E-state index in [0.29, 0.717) is 75.4 Å². The minimum Gasteiger partial charge on any atom is -0.377 e. The summed E-state index contributed by atoms with van der Waals surface area (Å²) < 4.78 is 56.3. The predicted molar refractivity (Wildman–Crippen MR) is 294 cm³/mol. The summed E-state index contributed by atoms with van der Waals surface area (Å²) in [5.41, 5.74) is 4.57. The summed E-state index contributed by atoms with van der Waals surface area (Å²) in [5, 5.41) is 12.5. The van der Waals surface area contributed by atoms with Gasteiger partial charge in [0.1, 0.15) is 0 Å². The Hall–Kier alpha value is -5.76. The molecule has 2 aliphatic heterocycles. The molecule has 0 spiro atoms. The monoisotopic (exact) mass is 1150 g/mol. The van der Waals surface area contributed by atoms with Gasteiger partial charge in [0.25, 0.3) is 5.91 Å². The van der Waals surface area contributed by atoms with E-state index in [9.17, 15) is 37.1 Å². The van der Waals surface area contributed by atoms with Crippen LogP contribution in [0.3, 0.4) is 0 Å². The number of pyridine rings is 2. The standard InChI is InChI=1S/C60H74BrF3N8O7/c1-37(2)59(21-18-46(34-59)69-51-17-14-42-31-45(61)15-16-47(42)51)58(77)72-26-20-50-44(36-72)32-49(60(62,63)64)52(70-50)19-23-66-55(74)40-10-6-38(7-11-40)39-8-12-41(13-9-39)56(75)67-24-27-78-29-30-79-28-25-68-57(76)48-33-53(73)71(3)54(48)43-5-4-22-65-35-43/h4-5,8-9,12-13,15-16,22,31-32,35,37-38,40,46,48,51,54,69H,6-7,10-11,14,17-21,23-30,33-34,36H2,1-3H3,(H,66,74)(H,67,75)(H,68,76)/t38?,40?,46-,48+,51-,54-,59+/m1/s1. The molecule has 0 unspecified atom stereocenters. The number of likely N-dealkylation sites (tertiary alicyclic amines) is 1. The van der Waals surface area contributed by atoms with Crippen molar-refractivity contribution in [2.45, 2.75) is 128 Å². The molecular weight excluding hydrogens is 1080 g/mol. The Kier molecular flexibility index (Phi) is 18.9. The number of carbonyl (C=O) groups excluding carboxylic acids is 5. The maximum atomic E-state index is 14.7. The van der Waals surface area contributed by atoms with Gasteiger partial charge in [-0.2, -0.15) is 13.2 Å². The number of rotatable bonds is 21. The molecule has 3 fully saturated rings. The first-order valence-electron chi connectivity index (χ1n) is 28.2. The second kappa shape index (κ2) is 25.8. The van der Waals surface area contributed by atoms with Crippen LogP contribution in [0.2, 0.25) is 0 Å². The van der Waals surface area contributed by atoms with Gasteiger partial charge < -0.3 is 40.5 Å². The van der Waals surface area contributed by atoms with Crippen molar-refractivity contribution in [2.24, 2.45) is 23.2 Å². The van der Waals surface area contributed by atoms with E-state index in [2.05, 4.69) is 79.2 Å². The van der Waals surface area contributed by atoms with Crippen molar-refractivity contribution < 1.29 is 46.6 Å². The number of aromatic nitrogens is 2. The van der Waals surface area contributed by atoms with Crippen LogP contribution in [0.4, 0.5) is 13.2 Å².